The standard InChI is InChI=1S/C11H14FNS/c12-10-3-1-2-4-11(10)14-9-5-7-13-8-6-9/h1-4,9,13H,5-8H2. The molecule has 1 fully saturated rings. The number of hydrogen-bond donors (Lipinski definition) is 1. The van der Waals surface area contributed by atoms with Gasteiger partial charge >= 0.3 is 0 Å². The molecule has 1 aliphatic rings. The number of thioether (sulfide) groups is 1. The number of hydrogen-bond acceptors (Lipinski definition) is 2. The third kappa shape index (κ3) is 2.49. The second kappa shape index (κ2) is 4.80. The zero-order chi connectivity index (χ0) is 9.80. The third-order valence-corrected chi connectivity index (χ3v) is 3.81. The molecule has 1 aliphatic heterocycles. The Morgan fingerprint density at radius 3 is 2.64 bits per heavy atom. The summed E-state index contributed by atoms with van der Waals surface area (Å²) in [6, 6.07) is 7.03. The molecule has 76 valence electrons. The molecular weight excluding hydrogens is 197 g/mol. The Bertz CT molecular complexity index is 297. The van der Waals surface area contributed by atoms with Gasteiger partial charge in [-0.3, -0.25) is 0 Å². The van der Waals surface area contributed by atoms with Crippen LogP contribution in [0.4, 0.5) is 4.39 Å². The number of halogens is 1. The Labute approximate surface area is 88.1 Å². The number of nitrogens with one attached hydrogen (secondary N) is 1. The zero-order valence-corrected chi connectivity index (χ0v) is 8.82. The van der Waals surface area contributed by atoms with Gasteiger partial charge in [0.05, 0.1) is 0 Å². The van der Waals surface area contributed by atoms with E-state index in [1.54, 1.807) is 17.8 Å². The van der Waals surface area contributed by atoms with Crippen molar-refractivity contribution in [2.75, 3.05) is 13.1 Å². The highest BCUT2D eigenvalue weighted by atomic mass is 32.2. The van der Waals surface area contributed by atoms with E-state index in [1.165, 1.54) is 6.07 Å². The molecule has 0 radical (unpaired) electrons. The van der Waals surface area contributed by atoms with Gasteiger partial charge in [0.25, 0.3) is 0 Å². The van der Waals surface area contributed by atoms with E-state index in [2.05, 4.69) is 5.32 Å². The lowest BCUT2D eigenvalue weighted by Crippen LogP contribution is -2.29. The summed E-state index contributed by atoms with van der Waals surface area (Å²) < 4.78 is 13.3. The summed E-state index contributed by atoms with van der Waals surface area (Å²) in [6.07, 6.45) is 2.28. The summed E-state index contributed by atoms with van der Waals surface area (Å²) in [6.45, 7) is 2.12. The maximum absolute atomic E-state index is 13.3. The molecule has 1 aromatic carbocycles. The molecule has 0 amide bonds. The molecule has 1 aromatic rings. The predicted octanol–water partition coefficient (Wildman–Crippen LogP) is 2.67. The Balaban J connectivity index is 1.99. The molecule has 0 atom stereocenters. The monoisotopic (exact) mass is 211 g/mol. The molecule has 3 heteroatoms. The number of benzene rings is 1. The van der Waals surface area contributed by atoms with Crippen LogP contribution < -0.4 is 5.32 Å². The normalized spacial score (nSPS) is 18.4. The third-order valence-electron chi connectivity index (χ3n) is 2.42. The molecule has 2 rings (SSSR count). The Hall–Kier alpha value is -0.540. The van der Waals surface area contributed by atoms with E-state index in [4.69, 9.17) is 0 Å². The van der Waals surface area contributed by atoms with Gasteiger partial charge in [-0.25, -0.2) is 4.39 Å². The van der Waals surface area contributed by atoms with Crippen molar-refractivity contribution >= 4 is 11.8 Å². The van der Waals surface area contributed by atoms with Gasteiger partial charge in [0.15, 0.2) is 0 Å². The Morgan fingerprint density at radius 1 is 1.21 bits per heavy atom. The predicted molar refractivity (Wildman–Crippen MR) is 58.1 cm³/mol. The van der Waals surface area contributed by atoms with Gasteiger partial charge in [-0.15, -0.1) is 11.8 Å². The highest BCUT2D eigenvalue weighted by Gasteiger charge is 2.15. The molecule has 0 unspecified atom stereocenters. The van der Waals surface area contributed by atoms with Crippen molar-refractivity contribution in [3.05, 3.63) is 30.1 Å². The molecule has 0 aliphatic carbocycles. The summed E-state index contributed by atoms with van der Waals surface area (Å²) in [4.78, 5) is 0.791. The van der Waals surface area contributed by atoms with Gasteiger partial charge in [0.1, 0.15) is 5.82 Å². The summed E-state index contributed by atoms with van der Waals surface area (Å²) in [7, 11) is 0. The second-order valence-electron chi connectivity index (χ2n) is 3.50. The fourth-order valence-corrected chi connectivity index (χ4v) is 2.80. The van der Waals surface area contributed by atoms with Crippen LogP contribution in [-0.2, 0) is 0 Å². The van der Waals surface area contributed by atoms with Crippen LogP contribution in [-0.4, -0.2) is 18.3 Å². The second-order valence-corrected chi connectivity index (χ2v) is 4.84. The fourth-order valence-electron chi connectivity index (χ4n) is 1.63. The quantitative estimate of drug-likeness (QED) is 0.807. The summed E-state index contributed by atoms with van der Waals surface area (Å²) >= 11 is 1.68. The summed E-state index contributed by atoms with van der Waals surface area (Å²) in [5, 5.41) is 3.89. The van der Waals surface area contributed by atoms with E-state index in [-0.39, 0.29) is 5.82 Å². The molecule has 0 saturated carbocycles. The van der Waals surface area contributed by atoms with Crippen LogP contribution in [0.5, 0.6) is 0 Å². The molecule has 0 aromatic heterocycles. The fraction of sp³-hybridized carbons (Fsp3) is 0.455. The van der Waals surface area contributed by atoms with E-state index in [0.29, 0.717) is 5.25 Å². The largest absolute Gasteiger partial charge is 0.317 e. The van der Waals surface area contributed by atoms with Crippen molar-refractivity contribution in [1.82, 2.24) is 5.32 Å². The average Bonchev–Trinajstić information content (AvgIpc) is 2.23. The highest BCUT2D eigenvalue weighted by molar-refractivity contribution is 8.00. The van der Waals surface area contributed by atoms with Gasteiger partial charge in [0.2, 0.25) is 0 Å². The summed E-state index contributed by atoms with van der Waals surface area (Å²) in [5.41, 5.74) is 0. The van der Waals surface area contributed by atoms with Crippen molar-refractivity contribution in [3.8, 4) is 0 Å². The molecular formula is C11H14FNS. The van der Waals surface area contributed by atoms with Crippen LogP contribution in [0.3, 0.4) is 0 Å². The lowest BCUT2D eigenvalue weighted by molar-refractivity contribution is 0.530. The van der Waals surface area contributed by atoms with Gasteiger partial charge in [0, 0.05) is 10.1 Å². The van der Waals surface area contributed by atoms with Crippen LogP contribution in [0.2, 0.25) is 0 Å². The van der Waals surface area contributed by atoms with Crippen LogP contribution in [0.1, 0.15) is 12.8 Å². The van der Waals surface area contributed by atoms with Crippen molar-refractivity contribution in [2.45, 2.75) is 23.0 Å². The van der Waals surface area contributed by atoms with E-state index in [1.807, 2.05) is 12.1 Å². The van der Waals surface area contributed by atoms with Gasteiger partial charge in [-0.2, -0.15) is 0 Å². The maximum Gasteiger partial charge on any atom is 0.136 e. The number of rotatable bonds is 2. The van der Waals surface area contributed by atoms with Crippen LogP contribution >= 0.6 is 11.8 Å². The van der Waals surface area contributed by atoms with Gasteiger partial charge in [-0.05, 0) is 38.1 Å². The smallest absolute Gasteiger partial charge is 0.136 e. The van der Waals surface area contributed by atoms with E-state index >= 15 is 0 Å². The SMILES string of the molecule is Fc1ccccc1SC1CCNCC1. The molecule has 14 heavy (non-hydrogen) atoms. The van der Waals surface area contributed by atoms with E-state index < -0.39 is 0 Å². The molecule has 1 saturated heterocycles. The van der Waals surface area contributed by atoms with Crippen LogP contribution in [0, 0.1) is 5.82 Å². The Kier molecular flexibility index (Phi) is 3.43. The number of piperidine rings is 1. The first-order valence-corrected chi connectivity index (χ1v) is 5.86. The Morgan fingerprint density at radius 2 is 1.93 bits per heavy atom. The minimum absolute atomic E-state index is 0.0870. The zero-order valence-electron chi connectivity index (χ0n) is 8.00. The first-order chi connectivity index (χ1) is 6.86. The lowest BCUT2D eigenvalue weighted by atomic mass is 10.2. The first kappa shape index (κ1) is 9.99. The van der Waals surface area contributed by atoms with Gasteiger partial charge in [-0.1, -0.05) is 12.1 Å². The molecule has 1 nitrogen and oxygen atoms in total. The van der Waals surface area contributed by atoms with Crippen molar-refractivity contribution in [2.24, 2.45) is 0 Å². The van der Waals surface area contributed by atoms with Crippen LogP contribution in [0.15, 0.2) is 29.2 Å². The first-order valence-electron chi connectivity index (χ1n) is 4.98. The molecule has 0 bridgehead atoms. The van der Waals surface area contributed by atoms with Crippen LogP contribution in [0.25, 0.3) is 0 Å². The van der Waals surface area contributed by atoms with E-state index in [0.717, 1.165) is 30.8 Å². The van der Waals surface area contributed by atoms with Crippen molar-refractivity contribution in [1.29, 1.82) is 0 Å². The van der Waals surface area contributed by atoms with Crippen molar-refractivity contribution < 1.29 is 4.39 Å². The molecule has 1 heterocycles. The lowest BCUT2D eigenvalue weighted by Gasteiger charge is -2.22. The van der Waals surface area contributed by atoms with E-state index in [9.17, 15) is 4.39 Å². The topological polar surface area (TPSA) is 12.0 Å². The highest BCUT2D eigenvalue weighted by Crippen LogP contribution is 2.30. The summed E-state index contributed by atoms with van der Waals surface area (Å²) in [5.74, 6) is -0.0870. The van der Waals surface area contributed by atoms with Gasteiger partial charge < -0.3 is 5.32 Å². The maximum atomic E-state index is 13.3. The molecule has 0 spiro atoms. The van der Waals surface area contributed by atoms with Crippen molar-refractivity contribution in [3.63, 3.8) is 0 Å². The molecule has 1 N–H and O–H groups in total. The minimum Gasteiger partial charge on any atom is -0.317 e. The minimum atomic E-state index is -0.0870. The average molecular weight is 211 g/mol.